The Hall–Kier alpha value is 0.270. The summed E-state index contributed by atoms with van der Waals surface area (Å²) in [5.74, 6) is 2.22. The first-order chi connectivity index (χ1) is 7.95. The normalized spacial score (nSPS) is 29.6. The molecule has 1 saturated heterocycles. The average molecular weight is 256 g/mol. The van der Waals surface area contributed by atoms with Gasteiger partial charge < -0.3 is 5.73 Å². The largest absolute Gasteiger partial charge is 0.329 e. The van der Waals surface area contributed by atoms with Gasteiger partial charge in [0.05, 0.1) is 0 Å². The smallest absolute Gasteiger partial charge is 0.0306 e. The molecular weight excluding hydrogens is 228 g/mol. The van der Waals surface area contributed by atoms with Crippen LogP contribution in [-0.4, -0.2) is 40.6 Å². The summed E-state index contributed by atoms with van der Waals surface area (Å²) in [6.07, 6.45) is 5.47. The van der Waals surface area contributed by atoms with Crippen LogP contribution in [0.15, 0.2) is 0 Å². The van der Waals surface area contributed by atoms with Gasteiger partial charge in [0.1, 0.15) is 0 Å². The van der Waals surface area contributed by atoms with E-state index in [1.165, 1.54) is 44.5 Å². The van der Waals surface area contributed by atoms with Gasteiger partial charge in [-0.2, -0.15) is 11.8 Å². The van der Waals surface area contributed by atoms with Crippen molar-refractivity contribution in [1.29, 1.82) is 0 Å². The summed E-state index contributed by atoms with van der Waals surface area (Å²) in [5, 5.41) is 0. The van der Waals surface area contributed by atoms with Crippen LogP contribution in [0.3, 0.4) is 0 Å². The van der Waals surface area contributed by atoms with Crippen molar-refractivity contribution < 1.29 is 0 Å². The highest BCUT2D eigenvalue weighted by Gasteiger charge is 2.38. The minimum absolute atomic E-state index is 0.252. The van der Waals surface area contributed by atoms with Crippen LogP contribution in [0, 0.1) is 5.92 Å². The van der Waals surface area contributed by atoms with E-state index in [0.717, 1.165) is 12.5 Å². The topological polar surface area (TPSA) is 29.3 Å². The number of thioether (sulfide) groups is 1. The van der Waals surface area contributed by atoms with Crippen molar-refractivity contribution >= 4 is 11.8 Å². The molecule has 0 spiro atoms. The highest BCUT2D eigenvalue weighted by molar-refractivity contribution is 8.00. The zero-order valence-electron chi connectivity index (χ0n) is 11.7. The molecule has 2 aliphatic rings. The van der Waals surface area contributed by atoms with Crippen molar-refractivity contribution in [2.24, 2.45) is 11.7 Å². The van der Waals surface area contributed by atoms with E-state index in [2.05, 4.69) is 37.4 Å². The molecule has 1 saturated carbocycles. The Morgan fingerprint density at radius 2 is 2.06 bits per heavy atom. The maximum Gasteiger partial charge on any atom is 0.0306 e. The van der Waals surface area contributed by atoms with Crippen LogP contribution in [0.1, 0.15) is 46.5 Å². The molecule has 1 unspecified atom stereocenters. The lowest BCUT2D eigenvalue weighted by Gasteiger charge is -2.40. The molecule has 17 heavy (non-hydrogen) atoms. The lowest BCUT2D eigenvalue weighted by molar-refractivity contribution is 0.102. The van der Waals surface area contributed by atoms with E-state index >= 15 is 0 Å². The maximum atomic E-state index is 6.08. The first-order valence-electron chi connectivity index (χ1n) is 7.04. The van der Waals surface area contributed by atoms with Crippen LogP contribution in [0.5, 0.6) is 0 Å². The summed E-state index contributed by atoms with van der Waals surface area (Å²) in [4.78, 5) is 2.67. The van der Waals surface area contributed by atoms with E-state index in [1.54, 1.807) is 0 Å². The molecule has 2 N–H and O–H groups in total. The molecule has 3 heteroatoms. The van der Waals surface area contributed by atoms with E-state index in [-0.39, 0.29) is 5.54 Å². The summed E-state index contributed by atoms with van der Waals surface area (Å²) >= 11 is 2.12. The van der Waals surface area contributed by atoms with E-state index in [1.807, 2.05) is 0 Å². The maximum absolute atomic E-state index is 6.08. The molecular formula is C14H28N2S. The molecule has 1 heterocycles. The van der Waals surface area contributed by atoms with Crippen LogP contribution in [-0.2, 0) is 0 Å². The highest BCUT2D eigenvalue weighted by Crippen LogP contribution is 2.40. The number of rotatable bonds is 4. The Morgan fingerprint density at radius 1 is 1.35 bits per heavy atom. The number of nitrogens with two attached hydrogens (primary N) is 1. The predicted molar refractivity (Wildman–Crippen MR) is 77.5 cm³/mol. The Labute approximate surface area is 111 Å². The van der Waals surface area contributed by atoms with Crippen LogP contribution in [0.25, 0.3) is 0 Å². The molecule has 0 aromatic carbocycles. The fraction of sp³-hybridized carbons (Fsp3) is 1.00. The molecule has 0 amide bonds. The quantitative estimate of drug-likeness (QED) is 0.838. The minimum Gasteiger partial charge on any atom is -0.329 e. The van der Waals surface area contributed by atoms with Gasteiger partial charge in [-0.3, -0.25) is 4.90 Å². The van der Waals surface area contributed by atoms with Crippen molar-refractivity contribution in [3.63, 3.8) is 0 Å². The second-order valence-electron chi connectivity index (χ2n) is 6.69. The lowest BCUT2D eigenvalue weighted by atomic mass is 9.91. The van der Waals surface area contributed by atoms with Crippen molar-refractivity contribution in [2.45, 2.75) is 56.7 Å². The van der Waals surface area contributed by atoms with Crippen molar-refractivity contribution in [3.05, 3.63) is 0 Å². The van der Waals surface area contributed by atoms with Gasteiger partial charge in [0.2, 0.25) is 0 Å². The molecule has 2 nitrogen and oxygen atoms in total. The number of nitrogens with zero attached hydrogens (tertiary/aromatic N) is 1. The predicted octanol–water partition coefficient (Wildman–Crippen LogP) is 2.72. The molecule has 0 aromatic heterocycles. The second-order valence-corrected chi connectivity index (χ2v) is 8.50. The van der Waals surface area contributed by atoms with Crippen molar-refractivity contribution in [1.82, 2.24) is 4.90 Å². The zero-order chi connectivity index (χ0) is 12.5. The Morgan fingerprint density at radius 3 is 2.65 bits per heavy atom. The van der Waals surface area contributed by atoms with Gasteiger partial charge in [0.25, 0.3) is 0 Å². The SMILES string of the molecule is CC1(C)CCN(C(C)(CN)CC2CC2)CCS1. The standard InChI is InChI=1S/C14H28N2S/c1-13(2)6-7-16(8-9-17-13)14(3,11-15)10-12-4-5-12/h12H,4-11,15H2,1-3H3. The lowest BCUT2D eigenvalue weighted by Crippen LogP contribution is -2.53. The van der Waals surface area contributed by atoms with Crippen LogP contribution >= 0.6 is 11.8 Å². The van der Waals surface area contributed by atoms with Crippen molar-refractivity contribution in [2.75, 3.05) is 25.4 Å². The molecule has 100 valence electrons. The Balaban J connectivity index is 1.98. The third-order valence-electron chi connectivity index (χ3n) is 4.47. The van der Waals surface area contributed by atoms with Crippen LogP contribution in [0.2, 0.25) is 0 Å². The first kappa shape index (κ1) is 13.7. The van der Waals surface area contributed by atoms with Gasteiger partial charge in [-0.25, -0.2) is 0 Å². The fourth-order valence-electron chi connectivity index (χ4n) is 2.85. The van der Waals surface area contributed by atoms with Crippen LogP contribution < -0.4 is 5.73 Å². The van der Waals surface area contributed by atoms with Crippen LogP contribution in [0.4, 0.5) is 0 Å². The molecule has 2 rings (SSSR count). The van der Waals surface area contributed by atoms with Gasteiger partial charge in [-0.15, -0.1) is 0 Å². The molecule has 2 fully saturated rings. The molecule has 1 aliphatic heterocycles. The number of hydrogen-bond acceptors (Lipinski definition) is 3. The minimum atomic E-state index is 0.252. The van der Waals surface area contributed by atoms with E-state index in [0.29, 0.717) is 4.75 Å². The van der Waals surface area contributed by atoms with E-state index in [4.69, 9.17) is 5.73 Å². The second kappa shape index (κ2) is 5.10. The summed E-state index contributed by atoms with van der Waals surface area (Å²) in [6, 6.07) is 0. The average Bonchev–Trinajstić information content (AvgIpc) is 3.06. The first-order valence-corrected chi connectivity index (χ1v) is 8.03. The summed E-state index contributed by atoms with van der Waals surface area (Å²) in [7, 11) is 0. The monoisotopic (exact) mass is 256 g/mol. The highest BCUT2D eigenvalue weighted by atomic mass is 32.2. The molecule has 1 atom stereocenters. The molecule has 1 aliphatic carbocycles. The Bertz CT molecular complexity index is 263. The van der Waals surface area contributed by atoms with Gasteiger partial charge in [0, 0.05) is 35.7 Å². The van der Waals surface area contributed by atoms with Gasteiger partial charge in [-0.1, -0.05) is 26.7 Å². The summed E-state index contributed by atoms with van der Waals surface area (Å²) in [5.41, 5.74) is 6.34. The molecule has 0 bridgehead atoms. The molecule has 0 aromatic rings. The third kappa shape index (κ3) is 3.62. The third-order valence-corrected chi connectivity index (χ3v) is 5.84. The molecule has 0 radical (unpaired) electrons. The van der Waals surface area contributed by atoms with E-state index < -0.39 is 0 Å². The van der Waals surface area contributed by atoms with Gasteiger partial charge in [-0.05, 0) is 25.7 Å². The fourth-order valence-corrected chi connectivity index (χ4v) is 3.95. The van der Waals surface area contributed by atoms with Crippen molar-refractivity contribution in [3.8, 4) is 0 Å². The Kier molecular flexibility index (Phi) is 4.11. The summed E-state index contributed by atoms with van der Waals surface area (Å²) < 4.78 is 0.448. The summed E-state index contributed by atoms with van der Waals surface area (Å²) in [6.45, 7) is 10.4. The number of hydrogen-bond donors (Lipinski definition) is 1. The van der Waals surface area contributed by atoms with Gasteiger partial charge in [0.15, 0.2) is 0 Å². The van der Waals surface area contributed by atoms with E-state index in [9.17, 15) is 0 Å². The zero-order valence-corrected chi connectivity index (χ0v) is 12.5. The van der Waals surface area contributed by atoms with Gasteiger partial charge >= 0.3 is 0 Å².